The minimum absolute atomic E-state index is 0.0211. The van der Waals surface area contributed by atoms with Crippen molar-refractivity contribution in [3.05, 3.63) is 89.0 Å². The van der Waals surface area contributed by atoms with Gasteiger partial charge in [0, 0.05) is 11.1 Å². The quantitative estimate of drug-likeness (QED) is 0.609. The van der Waals surface area contributed by atoms with E-state index in [0.717, 1.165) is 11.1 Å². The predicted octanol–water partition coefficient (Wildman–Crippen LogP) is 5.29. The Morgan fingerprint density at radius 2 is 1.39 bits per heavy atom. The fraction of sp³-hybridized carbons (Fsp3) is 0.167. The molecule has 0 saturated carbocycles. The van der Waals surface area contributed by atoms with Crippen LogP contribution in [0.3, 0.4) is 0 Å². The monoisotopic (exact) mass is 374 g/mol. The number of carboxylic acids is 1. The summed E-state index contributed by atoms with van der Waals surface area (Å²) in [6.45, 7) is 5.91. The van der Waals surface area contributed by atoms with E-state index in [1.807, 2.05) is 32.9 Å². The number of hydrogen-bond acceptors (Lipinski definition) is 3. The van der Waals surface area contributed by atoms with Crippen molar-refractivity contribution in [3.63, 3.8) is 0 Å². The number of hydrogen-bond donors (Lipinski definition) is 2. The van der Waals surface area contributed by atoms with Crippen molar-refractivity contribution in [2.45, 2.75) is 26.2 Å². The molecular formula is C24H22O4. The first kappa shape index (κ1) is 19.4. The van der Waals surface area contributed by atoms with Crippen molar-refractivity contribution >= 4 is 11.8 Å². The highest BCUT2D eigenvalue weighted by Crippen LogP contribution is 2.38. The SMILES string of the molecule is CC(C)(C)c1cc(-c2ccc(C(=O)O)cc2)cc(C(=O)c2ccccc2)c1O. The van der Waals surface area contributed by atoms with Crippen LogP contribution in [0.25, 0.3) is 11.1 Å². The van der Waals surface area contributed by atoms with E-state index in [4.69, 9.17) is 5.11 Å². The van der Waals surface area contributed by atoms with Crippen molar-refractivity contribution < 1.29 is 19.8 Å². The average molecular weight is 374 g/mol. The van der Waals surface area contributed by atoms with Gasteiger partial charge in [-0.05, 0) is 40.8 Å². The fourth-order valence-electron chi connectivity index (χ4n) is 3.10. The summed E-state index contributed by atoms with van der Waals surface area (Å²) in [6.07, 6.45) is 0. The second-order valence-electron chi connectivity index (χ2n) is 7.75. The summed E-state index contributed by atoms with van der Waals surface area (Å²) in [7, 11) is 0. The average Bonchev–Trinajstić information content (AvgIpc) is 2.67. The van der Waals surface area contributed by atoms with E-state index in [2.05, 4.69) is 0 Å². The first-order valence-electron chi connectivity index (χ1n) is 8.99. The molecule has 0 atom stereocenters. The van der Waals surface area contributed by atoms with Gasteiger partial charge in [-0.2, -0.15) is 0 Å². The maximum atomic E-state index is 13.0. The number of carbonyl (C=O) groups is 2. The van der Waals surface area contributed by atoms with Gasteiger partial charge in [0.15, 0.2) is 5.78 Å². The van der Waals surface area contributed by atoms with Crippen molar-refractivity contribution in [2.75, 3.05) is 0 Å². The van der Waals surface area contributed by atoms with Crippen LogP contribution < -0.4 is 0 Å². The zero-order valence-corrected chi connectivity index (χ0v) is 16.1. The fourth-order valence-corrected chi connectivity index (χ4v) is 3.10. The molecule has 3 aromatic carbocycles. The summed E-state index contributed by atoms with van der Waals surface area (Å²) in [5.41, 5.74) is 2.72. The zero-order valence-electron chi connectivity index (χ0n) is 16.1. The number of benzene rings is 3. The second kappa shape index (κ2) is 7.31. The first-order chi connectivity index (χ1) is 13.2. The molecule has 0 aliphatic carbocycles. The predicted molar refractivity (Wildman–Crippen MR) is 109 cm³/mol. The van der Waals surface area contributed by atoms with Gasteiger partial charge in [-0.3, -0.25) is 4.79 Å². The van der Waals surface area contributed by atoms with Crippen LogP contribution in [-0.4, -0.2) is 22.0 Å². The van der Waals surface area contributed by atoms with E-state index in [1.54, 1.807) is 42.5 Å². The third kappa shape index (κ3) is 3.81. The van der Waals surface area contributed by atoms with Gasteiger partial charge in [0.25, 0.3) is 0 Å². The minimum Gasteiger partial charge on any atom is -0.507 e. The Labute approximate surface area is 164 Å². The molecule has 0 bridgehead atoms. The molecule has 4 heteroatoms. The smallest absolute Gasteiger partial charge is 0.335 e. The number of phenolic OH excluding ortho intramolecular Hbond substituents is 1. The molecule has 0 aliphatic rings. The number of carbonyl (C=O) groups excluding carboxylic acids is 1. The number of aromatic carboxylic acids is 1. The molecular weight excluding hydrogens is 352 g/mol. The molecule has 0 unspecified atom stereocenters. The lowest BCUT2D eigenvalue weighted by molar-refractivity contribution is 0.0696. The van der Waals surface area contributed by atoms with E-state index in [9.17, 15) is 14.7 Å². The largest absolute Gasteiger partial charge is 0.507 e. The van der Waals surface area contributed by atoms with Crippen molar-refractivity contribution in [1.82, 2.24) is 0 Å². The number of phenols is 1. The number of aromatic hydroxyl groups is 1. The topological polar surface area (TPSA) is 74.6 Å². The molecule has 0 heterocycles. The molecule has 0 saturated heterocycles. The molecule has 0 amide bonds. The number of rotatable bonds is 4. The van der Waals surface area contributed by atoms with Gasteiger partial charge in [-0.1, -0.05) is 63.2 Å². The van der Waals surface area contributed by atoms with Crippen LogP contribution in [0.1, 0.15) is 52.6 Å². The maximum absolute atomic E-state index is 13.0. The zero-order chi connectivity index (χ0) is 20.5. The summed E-state index contributed by atoms with van der Waals surface area (Å²) < 4.78 is 0. The highest BCUT2D eigenvalue weighted by Gasteiger charge is 2.25. The van der Waals surface area contributed by atoms with Gasteiger partial charge in [-0.25, -0.2) is 4.79 Å². The molecule has 28 heavy (non-hydrogen) atoms. The van der Waals surface area contributed by atoms with Crippen molar-refractivity contribution in [3.8, 4) is 16.9 Å². The van der Waals surface area contributed by atoms with Crippen LogP contribution in [0.2, 0.25) is 0 Å². The summed E-state index contributed by atoms with van der Waals surface area (Å²) in [5, 5.41) is 19.9. The molecule has 0 aliphatic heterocycles. The van der Waals surface area contributed by atoms with Crippen LogP contribution in [0.4, 0.5) is 0 Å². The minimum atomic E-state index is -0.993. The highest BCUT2D eigenvalue weighted by atomic mass is 16.4. The van der Waals surface area contributed by atoms with Crippen LogP contribution >= 0.6 is 0 Å². The van der Waals surface area contributed by atoms with Crippen LogP contribution in [0.5, 0.6) is 5.75 Å². The highest BCUT2D eigenvalue weighted by molar-refractivity contribution is 6.11. The Morgan fingerprint density at radius 1 is 0.786 bits per heavy atom. The Bertz CT molecular complexity index is 1030. The van der Waals surface area contributed by atoms with E-state index in [1.165, 1.54) is 12.1 Å². The summed E-state index contributed by atoms with van der Waals surface area (Å²) >= 11 is 0. The summed E-state index contributed by atoms with van der Waals surface area (Å²) in [6, 6.07) is 18.8. The second-order valence-corrected chi connectivity index (χ2v) is 7.75. The molecule has 0 radical (unpaired) electrons. The van der Waals surface area contributed by atoms with Gasteiger partial charge in [0.05, 0.1) is 11.1 Å². The lowest BCUT2D eigenvalue weighted by Gasteiger charge is -2.23. The summed E-state index contributed by atoms with van der Waals surface area (Å²) in [5.74, 6) is -1.27. The van der Waals surface area contributed by atoms with Gasteiger partial charge in [0.1, 0.15) is 5.75 Å². The van der Waals surface area contributed by atoms with Gasteiger partial charge in [-0.15, -0.1) is 0 Å². The molecule has 3 rings (SSSR count). The lowest BCUT2D eigenvalue weighted by atomic mass is 9.82. The van der Waals surface area contributed by atoms with Gasteiger partial charge >= 0.3 is 5.97 Å². The molecule has 0 fully saturated rings. The molecule has 0 spiro atoms. The lowest BCUT2D eigenvalue weighted by Crippen LogP contribution is -2.14. The van der Waals surface area contributed by atoms with Crippen LogP contribution in [0, 0.1) is 0 Å². The molecule has 0 aromatic heterocycles. The Morgan fingerprint density at radius 3 is 1.93 bits per heavy atom. The molecule has 4 nitrogen and oxygen atoms in total. The van der Waals surface area contributed by atoms with Crippen molar-refractivity contribution in [2.24, 2.45) is 0 Å². The molecule has 2 N–H and O–H groups in total. The third-order valence-electron chi connectivity index (χ3n) is 4.66. The normalized spacial score (nSPS) is 11.2. The van der Waals surface area contributed by atoms with Crippen LogP contribution in [0.15, 0.2) is 66.7 Å². The van der Waals surface area contributed by atoms with E-state index < -0.39 is 5.97 Å². The Hall–Kier alpha value is -3.40. The molecule has 3 aromatic rings. The van der Waals surface area contributed by atoms with Crippen molar-refractivity contribution in [1.29, 1.82) is 0 Å². The first-order valence-corrected chi connectivity index (χ1v) is 8.99. The van der Waals surface area contributed by atoms with Crippen LogP contribution in [-0.2, 0) is 5.41 Å². The Kier molecular flexibility index (Phi) is 5.06. The maximum Gasteiger partial charge on any atom is 0.335 e. The Balaban J connectivity index is 2.18. The van der Waals surface area contributed by atoms with E-state index in [0.29, 0.717) is 11.1 Å². The van der Waals surface area contributed by atoms with E-state index in [-0.39, 0.29) is 28.1 Å². The van der Waals surface area contributed by atoms with E-state index >= 15 is 0 Å². The number of carboxylic acid groups (broad SMARTS) is 1. The molecule has 142 valence electrons. The van der Waals surface area contributed by atoms with Gasteiger partial charge < -0.3 is 10.2 Å². The summed E-state index contributed by atoms with van der Waals surface area (Å²) in [4.78, 5) is 24.1. The number of ketones is 1. The third-order valence-corrected chi connectivity index (χ3v) is 4.66. The standard InChI is InChI=1S/C24H22O4/c1-24(2,3)20-14-18(15-9-11-17(12-10-15)23(27)28)13-19(22(20)26)21(25)16-7-5-4-6-8-16/h4-14,26H,1-3H3,(H,27,28). The van der Waals surface area contributed by atoms with Gasteiger partial charge in [0.2, 0.25) is 0 Å².